The molecule has 64 valence electrons. The predicted octanol–water partition coefficient (Wildman–Crippen LogP) is -0.235. The molecule has 1 saturated heterocycles. The summed E-state index contributed by atoms with van der Waals surface area (Å²) in [6.07, 6.45) is 0.397. The van der Waals surface area contributed by atoms with E-state index in [4.69, 9.17) is 4.74 Å². The second kappa shape index (κ2) is 2.73. The van der Waals surface area contributed by atoms with Crippen LogP contribution in [0, 0.1) is 11.8 Å². The highest BCUT2D eigenvalue weighted by atomic mass is 16.5. The van der Waals surface area contributed by atoms with Gasteiger partial charge in [0.25, 0.3) is 0 Å². The van der Waals surface area contributed by atoms with Gasteiger partial charge < -0.3 is 14.9 Å². The minimum Gasteiger partial charge on any atom is -0.390 e. The summed E-state index contributed by atoms with van der Waals surface area (Å²) in [7, 11) is 0. The first kappa shape index (κ1) is 7.53. The molecule has 1 saturated carbocycles. The van der Waals surface area contributed by atoms with Gasteiger partial charge in [-0.3, -0.25) is 0 Å². The number of hydrogen-bond donors (Lipinski definition) is 2. The summed E-state index contributed by atoms with van der Waals surface area (Å²) in [4.78, 5) is 0. The average molecular weight is 158 g/mol. The molecule has 0 radical (unpaired) electrons. The molecule has 0 aromatic rings. The van der Waals surface area contributed by atoms with Gasteiger partial charge in [0.15, 0.2) is 0 Å². The number of rotatable bonds is 0. The van der Waals surface area contributed by atoms with E-state index in [1.54, 1.807) is 0 Å². The lowest BCUT2D eigenvalue weighted by Gasteiger charge is -2.31. The normalized spacial score (nSPS) is 50.7. The van der Waals surface area contributed by atoms with Crippen molar-refractivity contribution in [3.63, 3.8) is 0 Å². The largest absolute Gasteiger partial charge is 0.390 e. The van der Waals surface area contributed by atoms with E-state index in [9.17, 15) is 10.2 Å². The third kappa shape index (κ3) is 1.28. The number of hydrogen-bond acceptors (Lipinski definition) is 3. The van der Waals surface area contributed by atoms with Crippen LogP contribution < -0.4 is 0 Å². The maximum atomic E-state index is 9.32. The monoisotopic (exact) mass is 158 g/mol. The van der Waals surface area contributed by atoms with Gasteiger partial charge in [-0.15, -0.1) is 0 Å². The first-order valence-electron chi connectivity index (χ1n) is 4.21. The minimum atomic E-state index is -0.516. The first-order valence-corrected chi connectivity index (χ1v) is 4.21. The van der Waals surface area contributed by atoms with E-state index < -0.39 is 12.2 Å². The Balaban J connectivity index is 2.00. The summed E-state index contributed by atoms with van der Waals surface area (Å²) in [6, 6.07) is 0. The van der Waals surface area contributed by atoms with E-state index in [2.05, 4.69) is 0 Å². The zero-order valence-corrected chi connectivity index (χ0v) is 6.44. The predicted molar refractivity (Wildman–Crippen MR) is 39.0 cm³/mol. The summed E-state index contributed by atoms with van der Waals surface area (Å²) >= 11 is 0. The quantitative estimate of drug-likeness (QED) is 0.511. The molecular formula is C8H14O3. The molecule has 2 rings (SSSR count). The van der Waals surface area contributed by atoms with Gasteiger partial charge >= 0.3 is 0 Å². The summed E-state index contributed by atoms with van der Waals surface area (Å²) in [6.45, 7) is 1.54. The van der Waals surface area contributed by atoms with E-state index >= 15 is 0 Å². The van der Waals surface area contributed by atoms with Crippen LogP contribution in [0.2, 0.25) is 0 Å². The van der Waals surface area contributed by atoms with Gasteiger partial charge in [0.1, 0.15) is 0 Å². The van der Waals surface area contributed by atoms with Crippen molar-refractivity contribution in [2.24, 2.45) is 11.8 Å². The Labute approximate surface area is 66.0 Å². The Morgan fingerprint density at radius 1 is 0.909 bits per heavy atom. The van der Waals surface area contributed by atoms with Crippen molar-refractivity contribution in [3.8, 4) is 0 Å². The molecule has 1 aliphatic carbocycles. The zero-order chi connectivity index (χ0) is 7.84. The van der Waals surface area contributed by atoms with E-state index in [0.29, 0.717) is 24.7 Å². The molecule has 1 heterocycles. The fourth-order valence-corrected chi connectivity index (χ4v) is 2.10. The molecule has 0 unspecified atom stereocenters. The standard InChI is InChI=1S/C8H14O3/c9-7-1-5-3-11-4-6(5)2-8(7)10/h5-10H,1-4H2/t5-,6-,7-,8+/m1/s1. The van der Waals surface area contributed by atoms with Crippen molar-refractivity contribution in [2.75, 3.05) is 13.2 Å². The van der Waals surface area contributed by atoms with Gasteiger partial charge in [0.05, 0.1) is 12.2 Å². The Morgan fingerprint density at radius 2 is 1.36 bits per heavy atom. The van der Waals surface area contributed by atoms with Crippen molar-refractivity contribution in [2.45, 2.75) is 25.0 Å². The van der Waals surface area contributed by atoms with Gasteiger partial charge in [-0.2, -0.15) is 0 Å². The lowest BCUT2D eigenvalue weighted by molar-refractivity contribution is -0.0372. The molecule has 3 nitrogen and oxygen atoms in total. The molecule has 2 aliphatic rings. The summed E-state index contributed by atoms with van der Waals surface area (Å²) < 4.78 is 5.27. The molecule has 4 atom stereocenters. The van der Waals surface area contributed by atoms with Crippen molar-refractivity contribution in [1.29, 1.82) is 0 Å². The van der Waals surface area contributed by atoms with Crippen LogP contribution in [0.3, 0.4) is 0 Å². The van der Waals surface area contributed by atoms with Crippen LogP contribution in [0.15, 0.2) is 0 Å². The molecule has 3 heteroatoms. The smallest absolute Gasteiger partial charge is 0.0802 e. The van der Waals surface area contributed by atoms with Crippen LogP contribution in [0.4, 0.5) is 0 Å². The highest BCUT2D eigenvalue weighted by Crippen LogP contribution is 2.34. The maximum absolute atomic E-state index is 9.32. The maximum Gasteiger partial charge on any atom is 0.0802 e. The van der Waals surface area contributed by atoms with Crippen molar-refractivity contribution >= 4 is 0 Å². The average Bonchev–Trinajstić information content (AvgIpc) is 2.36. The molecule has 2 N–H and O–H groups in total. The number of aliphatic hydroxyl groups excluding tert-OH is 2. The number of aliphatic hydroxyl groups is 2. The Bertz CT molecular complexity index is 132. The van der Waals surface area contributed by atoms with E-state index in [1.165, 1.54) is 0 Å². The third-order valence-electron chi connectivity index (χ3n) is 2.86. The molecule has 0 bridgehead atoms. The van der Waals surface area contributed by atoms with Gasteiger partial charge in [0.2, 0.25) is 0 Å². The second-order valence-electron chi connectivity index (χ2n) is 3.66. The second-order valence-corrected chi connectivity index (χ2v) is 3.66. The summed E-state index contributed by atoms with van der Waals surface area (Å²) in [5.74, 6) is 0.988. The molecule has 11 heavy (non-hydrogen) atoms. The van der Waals surface area contributed by atoms with Crippen LogP contribution >= 0.6 is 0 Å². The van der Waals surface area contributed by atoms with Crippen LogP contribution in [-0.2, 0) is 4.74 Å². The van der Waals surface area contributed by atoms with Crippen molar-refractivity contribution < 1.29 is 14.9 Å². The molecule has 0 spiro atoms. The lowest BCUT2D eigenvalue weighted by atomic mass is 9.79. The fraction of sp³-hybridized carbons (Fsp3) is 1.00. The van der Waals surface area contributed by atoms with Crippen LogP contribution in [0.5, 0.6) is 0 Å². The highest BCUT2D eigenvalue weighted by Gasteiger charge is 2.38. The Hall–Kier alpha value is -0.120. The first-order chi connectivity index (χ1) is 5.27. The molecule has 0 aromatic heterocycles. The van der Waals surface area contributed by atoms with Crippen LogP contribution in [0.1, 0.15) is 12.8 Å². The van der Waals surface area contributed by atoms with E-state index in [-0.39, 0.29) is 0 Å². The van der Waals surface area contributed by atoms with E-state index in [0.717, 1.165) is 13.2 Å². The fourth-order valence-electron chi connectivity index (χ4n) is 2.10. The Morgan fingerprint density at radius 3 is 1.82 bits per heavy atom. The Kier molecular flexibility index (Phi) is 1.87. The molecule has 0 amide bonds. The zero-order valence-electron chi connectivity index (χ0n) is 6.44. The molecular weight excluding hydrogens is 144 g/mol. The van der Waals surface area contributed by atoms with Gasteiger partial charge in [-0.25, -0.2) is 0 Å². The third-order valence-corrected chi connectivity index (χ3v) is 2.86. The van der Waals surface area contributed by atoms with Crippen LogP contribution in [-0.4, -0.2) is 35.6 Å². The molecule has 0 aromatic carbocycles. The number of ether oxygens (including phenoxy) is 1. The summed E-state index contributed by atoms with van der Waals surface area (Å²) in [5.41, 5.74) is 0. The SMILES string of the molecule is O[C@@H]1C[C@@H]2COC[C@H]2C[C@@H]1O. The highest BCUT2D eigenvalue weighted by molar-refractivity contribution is 4.87. The number of fused-ring (bicyclic) bond motifs is 1. The topological polar surface area (TPSA) is 49.7 Å². The van der Waals surface area contributed by atoms with Crippen molar-refractivity contribution in [3.05, 3.63) is 0 Å². The van der Waals surface area contributed by atoms with Crippen molar-refractivity contribution in [1.82, 2.24) is 0 Å². The lowest BCUT2D eigenvalue weighted by Crippen LogP contribution is -2.38. The minimum absolute atomic E-state index is 0.494. The van der Waals surface area contributed by atoms with Crippen LogP contribution in [0.25, 0.3) is 0 Å². The summed E-state index contributed by atoms with van der Waals surface area (Å²) in [5, 5.41) is 18.6. The molecule has 2 fully saturated rings. The van der Waals surface area contributed by atoms with Gasteiger partial charge in [-0.1, -0.05) is 0 Å². The van der Waals surface area contributed by atoms with Gasteiger partial charge in [0, 0.05) is 13.2 Å². The van der Waals surface area contributed by atoms with E-state index in [1.807, 2.05) is 0 Å². The molecule has 1 aliphatic heterocycles. The van der Waals surface area contributed by atoms with Gasteiger partial charge in [-0.05, 0) is 24.7 Å².